The van der Waals surface area contributed by atoms with Crippen LogP contribution in [-0.4, -0.2) is 80.5 Å². The first-order valence-corrected chi connectivity index (χ1v) is 19.2. The van der Waals surface area contributed by atoms with Crippen molar-refractivity contribution in [1.29, 1.82) is 0 Å². The maximum atomic E-state index is 13.8. The molecule has 3 aliphatic rings. The summed E-state index contributed by atoms with van der Waals surface area (Å²) in [6.45, 7) is 11.6. The molecule has 0 unspecified atom stereocenters. The van der Waals surface area contributed by atoms with Crippen LogP contribution in [0.3, 0.4) is 0 Å². The van der Waals surface area contributed by atoms with Crippen molar-refractivity contribution in [2.24, 2.45) is 5.41 Å². The zero-order valence-electron chi connectivity index (χ0n) is 25.5. The molecule has 1 aromatic carbocycles. The van der Waals surface area contributed by atoms with Crippen molar-refractivity contribution in [1.82, 2.24) is 20.4 Å². The fraction of sp³-hybridized carbons (Fsp3) is 0.710. The van der Waals surface area contributed by atoms with Crippen LogP contribution in [0.15, 0.2) is 30.3 Å². The van der Waals surface area contributed by atoms with E-state index < -0.39 is 13.6 Å². The number of imide groups is 1. The maximum Gasteiger partial charge on any atom is 0.329 e. The number of hydrogen-bond acceptors (Lipinski definition) is 5. The lowest BCUT2D eigenvalue weighted by Crippen LogP contribution is -2.59. The van der Waals surface area contributed by atoms with E-state index in [4.69, 9.17) is 9.47 Å². The van der Waals surface area contributed by atoms with Gasteiger partial charge >= 0.3 is 12.1 Å². The molecule has 1 heterocycles. The zero-order chi connectivity index (χ0) is 29.5. The van der Waals surface area contributed by atoms with Gasteiger partial charge in [-0.1, -0.05) is 56.9 Å². The first kappa shape index (κ1) is 31.5. The van der Waals surface area contributed by atoms with Crippen molar-refractivity contribution in [2.75, 3.05) is 33.0 Å². The lowest BCUT2D eigenvalue weighted by atomic mass is 9.70. The summed E-state index contributed by atoms with van der Waals surface area (Å²) in [7, 11) is -1.27. The minimum atomic E-state index is -1.27. The number of benzene rings is 1. The van der Waals surface area contributed by atoms with Gasteiger partial charge in [-0.05, 0) is 63.0 Å². The molecule has 228 valence electrons. The molecule has 0 bridgehead atoms. The average molecular weight is 587 g/mol. The molecule has 2 N–H and O–H groups in total. The summed E-state index contributed by atoms with van der Waals surface area (Å²) < 4.78 is 12.2. The van der Waals surface area contributed by atoms with Crippen molar-refractivity contribution in [3.63, 3.8) is 0 Å². The molecule has 4 rings (SSSR count). The molecule has 2 aliphatic carbocycles. The predicted octanol–water partition coefficient (Wildman–Crippen LogP) is 5.34. The highest BCUT2D eigenvalue weighted by Gasteiger charge is 2.61. The molecule has 3 fully saturated rings. The molecular weight excluding hydrogens is 536 g/mol. The predicted molar refractivity (Wildman–Crippen MR) is 162 cm³/mol. The zero-order valence-corrected chi connectivity index (χ0v) is 26.5. The van der Waals surface area contributed by atoms with Gasteiger partial charge in [0.25, 0.3) is 5.91 Å². The molecule has 5 amide bonds. The number of rotatable bonds is 14. The highest BCUT2D eigenvalue weighted by molar-refractivity contribution is 6.76. The number of ether oxygens (including phenoxy) is 2. The Morgan fingerprint density at radius 2 is 1.76 bits per heavy atom. The third-order valence-corrected chi connectivity index (χ3v) is 10.7. The quantitative estimate of drug-likeness (QED) is 0.174. The van der Waals surface area contributed by atoms with Gasteiger partial charge in [0.2, 0.25) is 0 Å². The van der Waals surface area contributed by atoms with E-state index >= 15 is 0 Å². The number of nitrogens with zero attached hydrogens (tertiary/aromatic N) is 2. The number of amides is 5. The van der Waals surface area contributed by atoms with Crippen LogP contribution in [0.1, 0.15) is 63.9 Å². The van der Waals surface area contributed by atoms with E-state index in [-0.39, 0.29) is 36.2 Å². The number of urea groups is 2. The van der Waals surface area contributed by atoms with Gasteiger partial charge in [-0.15, -0.1) is 0 Å². The van der Waals surface area contributed by atoms with E-state index in [1.807, 2.05) is 30.0 Å². The van der Waals surface area contributed by atoms with Crippen LogP contribution in [0.5, 0.6) is 0 Å². The molecule has 1 aromatic rings. The van der Waals surface area contributed by atoms with Gasteiger partial charge in [0, 0.05) is 39.2 Å². The van der Waals surface area contributed by atoms with Gasteiger partial charge < -0.3 is 25.0 Å². The number of carbonyl (C=O) groups is 3. The van der Waals surface area contributed by atoms with E-state index in [9.17, 15) is 14.4 Å². The topological polar surface area (TPSA) is 100 Å². The van der Waals surface area contributed by atoms with Crippen molar-refractivity contribution < 1.29 is 23.9 Å². The van der Waals surface area contributed by atoms with Crippen LogP contribution in [-0.2, 0) is 20.9 Å². The molecule has 1 spiro atoms. The molecule has 10 heteroatoms. The summed E-state index contributed by atoms with van der Waals surface area (Å²) in [5.74, 6) is -0.106. The fourth-order valence-electron chi connectivity index (χ4n) is 6.14. The Morgan fingerprint density at radius 1 is 1.05 bits per heavy atom. The Balaban J connectivity index is 1.45. The lowest BCUT2D eigenvalue weighted by molar-refractivity contribution is -0.141. The van der Waals surface area contributed by atoms with Gasteiger partial charge in [-0.3, -0.25) is 4.79 Å². The smallest absolute Gasteiger partial charge is 0.329 e. The summed E-state index contributed by atoms with van der Waals surface area (Å²) in [5.41, 5.74) is 0.0658. The minimum Gasteiger partial charge on any atom is -0.376 e. The lowest BCUT2D eigenvalue weighted by Gasteiger charge is -2.48. The molecule has 1 saturated heterocycles. The van der Waals surface area contributed by atoms with E-state index in [1.165, 1.54) is 4.90 Å². The van der Waals surface area contributed by atoms with E-state index in [0.717, 1.165) is 50.1 Å². The second kappa shape index (κ2) is 13.7. The summed E-state index contributed by atoms with van der Waals surface area (Å²) in [4.78, 5) is 42.9. The van der Waals surface area contributed by atoms with E-state index in [0.29, 0.717) is 45.8 Å². The first-order chi connectivity index (χ1) is 19.6. The van der Waals surface area contributed by atoms with Gasteiger partial charge in [0.05, 0.1) is 13.2 Å². The molecule has 0 aromatic heterocycles. The van der Waals surface area contributed by atoms with E-state index in [2.05, 4.69) is 42.4 Å². The maximum absolute atomic E-state index is 13.8. The second-order valence-electron chi connectivity index (χ2n) is 13.5. The molecule has 41 heavy (non-hydrogen) atoms. The van der Waals surface area contributed by atoms with Gasteiger partial charge in [0.1, 0.15) is 12.3 Å². The molecule has 0 atom stereocenters. The largest absolute Gasteiger partial charge is 0.376 e. The third kappa shape index (κ3) is 7.90. The molecular formula is C31H50N4O5Si. The highest BCUT2D eigenvalue weighted by Crippen LogP contribution is 2.48. The van der Waals surface area contributed by atoms with Crippen LogP contribution in [0.4, 0.5) is 9.59 Å². The highest BCUT2D eigenvalue weighted by atomic mass is 28.3. The van der Waals surface area contributed by atoms with Crippen LogP contribution < -0.4 is 10.6 Å². The van der Waals surface area contributed by atoms with Gasteiger partial charge in [0.15, 0.2) is 0 Å². The minimum absolute atomic E-state index is 0.0246. The number of carbonyl (C=O) groups excluding carboxylic acids is 3. The Bertz CT molecular complexity index is 1030. The van der Waals surface area contributed by atoms with Crippen LogP contribution in [0, 0.1) is 5.41 Å². The second-order valence-corrected chi connectivity index (χ2v) is 19.1. The van der Waals surface area contributed by atoms with Crippen molar-refractivity contribution in [2.45, 2.75) is 102 Å². The monoisotopic (exact) mass is 586 g/mol. The Labute approximate surface area is 246 Å². The third-order valence-electron chi connectivity index (χ3n) is 8.95. The molecule has 2 saturated carbocycles. The van der Waals surface area contributed by atoms with Gasteiger partial charge in [-0.2, -0.15) is 0 Å². The van der Waals surface area contributed by atoms with Crippen LogP contribution >= 0.6 is 0 Å². The van der Waals surface area contributed by atoms with Crippen molar-refractivity contribution in [3.8, 4) is 0 Å². The normalized spacial score (nSPS) is 24.0. The summed E-state index contributed by atoms with van der Waals surface area (Å²) in [5, 5.41) is 6.02. The number of hydrogen-bond donors (Lipinski definition) is 2. The standard InChI is InChI=1S/C31H50N4O5Si/c1-5-18-32-28(37)33-26-12-16-30(17-13-26,23-40-21-25-10-7-6-8-11-25)22-35-29(38)34(24-39-19-20-41(2,3)4)27(36)31(35)14-9-15-31/h6-8,10-11,26H,5,9,12-24H2,1-4H3,(H2,32,33,37). The Kier molecular flexibility index (Phi) is 10.5. The Morgan fingerprint density at radius 3 is 2.37 bits per heavy atom. The summed E-state index contributed by atoms with van der Waals surface area (Å²) in [6, 6.07) is 10.8. The molecule has 0 radical (unpaired) electrons. The van der Waals surface area contributed by atoms with Crippen LogP contribution in [0.25, 0.3) is 0 Å². The molecule has 1 aliphatic heterocycles. The fourth-order valence-corrected chi connectivity index (χ4v) is 6.89. The first-order valence-electron chi connectivity index (χ1n) is 15.4. The Hall–Kier alpha value is -2.43. The summed E-state index contributed by atoms with van der Waals surface area (Å²) in [6.07, 6.45) is 6.46. The van der Waals surface area contributed by atoms with Gasteiger partial charge in [-0.25, -0.2) is 14.5 Å². The average Bonchev–Trinajstić information content (AvgIpc) is 3.12. The summed E-state index contributed by atoms with van der Waals surface area (Å²) >= 11 is 0. The van der Waals surface area contributed by atoms with Crippen molar-refractivity contribution in [3.05, 3.63) is 35.9 Å². The number of nitrogens with one attached hydrogen (secondary N) is 2. The molecule has 9 nitrogen and oxygen atoms in total. The van der Waals surface area contributed by atoms with E-state index in [1.54, 1.807) is 0 Å². The van der Waals surface area contributed by atoms with Crippen molar-refractivity contribution >= 4 is 26.0 Å². The SMILES string of the molecule is CCCNC(=O)NC1CCC(COCc2ccccc2)(CN2C(=O)N(COCC[Si](C)(C)C)C(=O)C23CCC3)CC1. The van der Waals surface area contributed by atoms with Crippen LogP contribution in [0.2, 0.25) is 25.7 Å².